The molecule has 1 amide bonds. The van der Waals surface area contributed by atoms with E-state index in [9.17, 15) is 9.59 Å². The number of hydrazine groups is 1. The molecule has 1 fully saturated rings. The first-order valence-electron chi connectivity index (χ1n) is 10.5. The van der Waals surface area contributed by atoms with Crippen LogP contribution in [0, 0.1) is 0 Å². The van der Waals surface area contributed by atoms with E-state index in [1.807, 2.05) is 6.20 Å². The molecule has 156 valence electrons. The maximum atomic E-state index is 12.6. The summed E-state index contributed by atoms with van der Waals surface area (Å²) in [6, 6.07) is 5.86. The third-order valence-electron chi connectivity index (χ3n) is 5.77. The number of hydrogen-bond acceptors (Lipinski definition) is 6. The Morgan fingerprint density at radius 3 is 3.03 bits per heavy atom. The third-order valence-corrected chi connectivity index (χ3v) is 6.68. The van der Waals surface area contributed by atoms with Crippen molar-refractivity contribution in [2.45, 2.75) is 44.6 Å². The fourth-order valence-corrected chi connectivity index (χ4v) is 4.93. The molecule has 5 rings (SSSR count). The van der Waals surface area contributed by atoms with Gasteiger partial charge in [0.25, 0.3) is 0 Å². The van der Waals surface area contributed by atoms with E-state index < -0.39 is 6.04 Å². The average Bonchev–Trinajstić information content (AvgIpc) is 3.41. The van der Waals surface area contributed by atoms with Gasteiger partial charge in [0, 0.05) is 47.4 Å². The summed E-state index contributed by atoms with van der Waals surface area (Å²) >= 11 is 1.59. The second-order valence-corrected chi connectivity index (χ2v) is 8.78. The number of fused-ring (bicyclic) bond motifs is 6. The predicted molar refractivity (Wildman–Crippen MR) is 115 cm³/mol. The molecule has 4 heterocycles. The van der Waals surface area contributed by atoms with E-state index in [0.29, 0.717) is 32.4 Å². The Morgan fingerprint density at radius 1 is 1.17 bits per heavy atom. The third kappa shape index (κ3) is 3.85. The minimum atomic E-state index is -0.455. The van der Waals surface area contributed by atoms with Gasteiger partial charge in [-0.3, -0.25) is 14.6 Å². The molecule has 0 spiro atoms. The molecule has 8 heteroatoms. The first-order chi connectivity index (χ1) is 14.7. The highest BCUT2D eigenvalue weighted by Crippen LogP contribution is 2.28. The lowest BCUT2D eigenvalue weighted by Gasteiger charge is -2.32. The van der Waals surface area contributed by atoms with E-state index in [4.69, 9.17) is 9.72 Å². The van der Waals surface area contributed by atoms with E-state index in [1.165, 1.54) is 10.9 Å². The standard InChI is InChI=1S/C22H24N4O3S/c27-21-8-7-20-24-19(13-30-20)14-5-6-17-16(11-14)15(12-23-17)3-2-10-29-22(28)18-4-1-9-26(21)25-18/h5-6,11-13,18,23,25H,1-4,7-10H2. The Bertz CT molecular complexity index is 1090. The SMILES string of the molecule is O=C1OCCCc2c[nH]c3ccc(cc23)-c2csc(n2)CCC(=O)N2CCCC1N2. The van der Waals surface area contributed by atoms with E-state index in [2.05, 4.69) is 34.0 Å². The normalized spacial score (nSPS) is 20.8. The molecular formula is C22H24N4O3S. The van der Waals surface area contributed by atoms with Crippen molar-refractivity contribution >= 4 is 34.1 Å². The van der Waals surface area contributed by atoms with Crippen molar-refractivity contribution in [3.8, 4) is 11.3 Å². The second kappa shape index (κ2) is 8.20. The van der Waals surface area contributed by atoms with Crippen molar-refractivity contribution in [1.82, 2.24) is 20.4 Å². The number of carbonyl (C=O) groups excluding carboxylic acids is 2. The molecular weight excluding hydrogens is 400 g/mol. The van der Waals surface area contributed by atoms with Gasteiger partial charge in [0.1, 0.15) is 6.04 Å². The Labute approximate surface area is 178 Å². The number of aryl methyl sites for hydroxylation is 2. The Balaban J connectivity index is 1.44. The summed E-state index contributed by atoms with van der Waals surface area (Å²) < 4.78 is 5.50. The van der Waals surface area contributed by atoms with Crippen molar-refractivity contribution in [1.29, 1.82) is 0 Å². The summed E-state index contributed by atoms with van der Waals surface area (Å²) in [7, 11) is 0. The summed E-state index contributed by atoms with van der Waals surface area (Å²) in [5.74, 6) is -0.289. The Kier molecular flexibility index (Phi) is 5.26. The first-order valence-corrected chi connectivity index (χ1v) is 11.3. The maximum absolute atomic E-state index is 12.6. The summed E-state index contributed by atoms with van der Waals surface area (Å²) in [4.78, 5) is 33.2. The molecule has 30 heavy (non-hydrogen) atoms. The number of nitrogens with zero attached hydrogens (tertiary/aromatic N) is 2. The van der Waals surface area contributed by atoms with Gasteiger partial charge in [-0.2, -0.15) is 0 Å². The van der Waals surface area contributed by atoms with Crippen LogP contribution in [-0.2, 0) is 27.2 Å². The van der Waals surface area contributed by atoms with Crippen molar-refractivity contribution < 1.29 is 14.3 Å². The molecule has 3 aromatic rings. The lowest BCUT2D eigenvalue weighted by Crippen LogP contribution is -2.55. The molecule has 1 saturated heterocycles. The average molecular weight is 425 g/mol. The predicted octanol–water partition coefficient (Wildman–Crippen LogP) is 3.21. The number of ether oxygens (including phenoxy) is 1. The molecule has 2 aliphatic rings. The van der Waals surface area contributed by atoms with E-state index in [0.717, 1.165) is 41.0 Å². The van der Waals surface area contributed by atoms with E-state index in [1.54, 1.807) is 16.3 Å². The van der Waals surface area contributed by atoms with Crippen LogP contribution >= 0.6 is 11.3 Å². The molecule has 0 aliphatic carbocycles. The van der Waals surface area contributed by atoms with Gasteiger partial charge in [-0.05, 0) is 43.4 Å². The lowest BCUT2D eigenvalue weighted by molar-refractivity contribution is -0.152. The number of hydrogen-bond donors (Lipinski definition) is 2. The minimum Gasteiger partial charge on any atom is -0.464 e. The van der Waals surface area contributed by atoms with Crippen LogP contribution < -0.4 is 5.43 Å². The monoisotopic (exact) mass is 424 g/mol. The van der Waals surface area contributed by atoms with Crippen molar-refractivity contribution in [3.63, 3.8) is 0 Å². The number of H-pyrrole nitrogens is 1. The number of thiazole rings is 1. The van der Waals surface area contributed by atoms with Gasteiger partial charge < -0.3 is 9.72 Å². The second-order valence-electron chi connectivity index (χ2n) is 7.84. The van der Waals surface area contributed by atoms with Crippen LogP contribution in [0.1, 0.15) is 36.3 Å². The van der Waals surface area contributed by atoms with Crippen LogP contribution in [0.2, 0.25) is 0 Å². The van der Waals surface area contributed by atoms with Crippen molar-refractivity contribution in [2.24, 2.45) is 0 Å². The van der Waals surface area contributed by atoms with Crippen LogP contribution in [0.3, 0.4) is 0 Å². The van der Waals surface area contributed by atoms with Gasteiger partial charge in [0.05, 0.1) is 17.3 Å². The Morgan fingerprint density at radius 2 is 2.10 bits per heavy atom. The van der Waals surface area contributed by atoms with Crippen LogP contribution in [0.5, 0.6) is 0 Å². The van der Waals surface area contributed by atoms with Gasteiger partial charge in [0.2, 0.25) is 5.91 Å². The highest BCUT2D eigenvalue weighted by molar-refractivity contribution is 7.09. The van der Waals surface area contributed by atoms with Crippen LogP contribution in [0.15, 0.2) is 29.8 Å². The number of aromatic amines is 1. The smallest absolute Gasteiger partial charge is 0.324 e. The number of esters is 1. The first kappa shape index (κ1) is 19.3. The van der Waals surface area contributed by atoms with Gasteiger partial charge >= 0.3 is 5.97 Å². The molecule has 2 N–H and O–H groups in total. The van der Waals surface area contributed by atoms with Gasteiger partial charge in [0.15, 0.2) is 0 Å². The summed E-state index contributed by atoms with van der Waals surface area (Å²) in [6.07, 6.45) is 6.03. The molecule has 2 aromatic heterocycles. The maximum Gasteiger partial charge on any atom is 0.324 e. The van der Waals surface area contributed by atoms with Crippen LogP contribution in [0.25, 0.3) is 22.2 Å². The number of cyclic esters (lactones) is 1. The molecule has 0 radical (unpaired) electrons. The number of rotatable bonds is 0. The zero-order valence-corrected chi connectivity index (χ0v) is 17.5. The van der Waals surface area contributed by atoms with Crippen molar-refractivity contribution in [3.05, 3.63) is 40.3 Å². The van der Waals surface area contributed by atoms with E-state index in [-0.39, 0.29) is 11.9 Å². The molecule has 1 aromatic carbocycles. The van der Waals surface area contributed by atoms with Gasteiger partial charge in [-0.15, -0.1) is 11.3 Å². The minimum absolute atomic E-state index is 0.0104. The fourth-order valence-electron chi connectivity index (χ4n) is 4.13. The van der Waals surface area contributed by atoms with Crippen LogP contribution in [-0.4, -0.2) is 46.0 Å². The fraction of sp³-hybridized carbons (Fsp3) is 0.409. The molecule has 6 bridgehead atoms. The highest BCUT2D eigenvalue weighted by Gasteiger charge is 2.29. The number of carbonyl (C=O) groups is 2. The summed E-state index contributed by atoms with van der Waals surface area (Å²) in [6.45, 7) is 0.981. The van der Waals surface area contributed by atoms with Crippen LogP contribution in [0.4, 0.5) is 0 Å². The molecule has 1 atom stereocenters. The number of benzene rings is 1. The zero-order chi connectivity index (χ0) is 20.5. The lowest BCUT2D eigenvalue weighted by atomic mass is 10.0. The summed E-state index contributed by atoms with van der Waals surface area (Å²) in [5.41, 5.74) is 7.39. The van der Waals surface area contributed by atoms with E-state index >= 15 is 0 Å². The quantitative estimate of drug-likeness (QED) is 0.541. The summed E-state index contributed by atoms with van der Waals surface area (Å²) in [5, 5.41) is 5.76. The Hall–Kier alpha value is -2.71. The molecule has 7 nitrogen and oxygen atoms in total. The zero-order valence-electron chi connectivity index (χ0n) is 16.6. The molecule has 0 saturated carbocycles. The van der Waals surface area contributed by atoms with Gasteiger partial charge in [-0.25, -0.2) is 10.4 Å². The largest absolute Gasteiger partial charge is 0.464 e. The highest BCUT2D eigenvalue weighted by atomic mass is 32.1. The topological polar surface area (TPSA) is 87.3 Å². The van der Waals surface area contributed by atoms with Gasteiger partial charge in [-0.1, -0.05) is 6.07 Å². The number of amides is 1. The van der Waals surface area contributed by atoms with Crippen molar-refractivity contribution in [2.75, 3.05) is 13.2 Å². The molecule has 2 aliphatic heterocycles. The number of aromatic nitrogens is 2. The molecule has 1 unspecified atom stereocenters. The number of nitrogens with one attached hydrogen (secondary N) is 2.